The van der Waals surface area contributed by atoms with Crippen molar-refractivity contribution >= 4 is 17.6 Å². The number of aryl methyl sites for hydroxylation is 1. The molecule has 0 aliphatic carbocycles. The molecule has 7 heteroatoms. The van der Waals surface area contributed by atoms with Gasteiger partial charge >= 0.3 is 6.03 Å². The van der Waals surface area contributed by atoms with Crippen molar-refractivity contribution in [2.75, 3.05) is 4.90 Å². The maximum absolute atomic E-state index is 12.9. The fourth-order valence-electron chi connectivity index (χ4n) is 3.50. The minimum absolute atomic E-state index is 0.0541. The minimum atomic E-state index is -0.592. The van der Waals surface area contributed by atoms with Crippen LogP contribution in [0.4, 0.5) is 10.5 Å². The molecule has 3 aromatic rings. The van der Waals surface area contributed by atoms with Crippen molar-refractivity contribution in [3.8, 4) is 11.4 Å². The van der Waals surface area contributed by atoms with E-state index in [9.17, 15) is 9.59 Å². The number of carbonyl (C=O) groups excluding carboxylic acids is 2. The third-order valence-electron chi connectivity index (χ3n) is 5.36. The predicted octanol–water partition coefficient (Wildman–Crippen LogP) is 4.53. The number of urea groups is 1. The number of benzene rings is 2. The molecule has 1 fully saturated rings. The Morgan fingerprint density at radius 3 is 2.33 bits per heavy atom. The van der Waals surface area contributed by atoms with Gasteiger partial charge in [-0.2, -0.15) is 4.98 Å². The molecule has 4 rings (SSSR count). The van der Waals surface area contributed by atoms with E-state index in [4.69, 9.17) is 4.52 Å². The Morgan fingerprint density at radius 2 is 1.70 bits per heavy atom. The molecule has 0 radical (unpaired) electrons. The number of nitrogens with zero attached hydrogens (tertiary/aromatic N) is 4. The second kappa shape index (κ2) is 7.74. The third-order valence-corrected chi connectivity index (χ3v) is 5.36. The summed E-state index contributed by atoms with van der Waals surface area (Å²) >= 11 is 0. The molecule has 7 nitrogen and oxygen atoms in total. The molecular formula is C23H24N4O3. The summed E-state index contributed by atoms with van der Waals surface area (Å²) in [6.07, 6.45) is 0. The fourth-order valence-corrected chi connectivity index (χ4v) is 3.50. The lowest BCUT2D eigenvalue weighted by molar-refractivity contribution is -0.127. The lowest BCUT2D eigenvalue weighted by Crippen LogP contribution is -2.33. The summed E-state index contributed by atoms with van der Waals surface area (Å²) in [5, 5.41) is 4.01. The first kappa shape index (κ1) is 19.8. The number of rotatable bonds is 5. The number of hydrogen-bond donors (Lipinski definition) is 0. The lowest BCUT2D eigenvalue weighted by atomic mass is 10.0. The molecule has 0 saturated carbocycles. The molecule has 2 aromatic carbocycles. The van der Waals surface area contributed by atoms with E-state index in [0.717, 1.165) is 16.0 Å². The molecule has 30 heavy (non-hydrogen) atoms. The van der Waals surface area contributed by atoms with E-state index in [1.165, 1.54) is 10.5 Å². The number of amides is 3. The van der Waals surface area contributed by atoms with Crippen LogP contribution in [0.25, 0.3) is 11.4 Å². The summed E-state index contributed by atoms with van der Waals surface area (Å²) in [4.78, 5) is 32.7. The van der Waals surface area contributed by atoms with Gasteiger partial charge in [-0.25, -0.2) is 4.79 Å². The molecule has 3 amide bonds. The Hall–Kier alpha value is -3.48. The van der Waals surface area contributed by atoms with E-state index in [1.807, 2.05) is 55.5 Å². The van der Waals surface area contributed by atoms with Crippen molar-refractivity contribution in [1.82, 2.24) is 15.0 Å². The Labute approximate surface area is 175 Å². The summed E-state index contributed by atoms with van der Waals surface area (Å²) in [6, 6.07) is 14.5. The Balaban J connectivity index is 1.52. The van der Waals surface area contributed by atoms with E-state index in [1.54, 1.807) is 6.92 Å². The first-order chi connectivity index (χ1) is 14.3. The van der Waals surface area contributed by atoms with Gasteiger partial charge in [-0.3, -0.25) is 14.6 Å². The van der Waals surface area contributed by atoms with Crippen LogP contribution in [-0.2, 0) is 11.3 Å². The lowest BCUT2D eigenvalue weighted by Gasteiger charge is -2.19. The Kier molecular flexibility index (Phi) is 5.11. The summed E-state index contributed by atoms with van der Waals surface area (Å²) in [5.74, 6) is 0.799. The highest BCUT2D eigenvalue weighted by Gasteiger charge is 2.44. The maximum atomic E-state index is 12.9. The minimum Gasteiger partial charge on any atom is -0.337 e. The van der Waals surface area contributed by atoms with Crippen molar-refractivity contribution < 1.29 is 14.1 Å². The third kappa shape index (κ3) is 3.58. The summed E-state index contributed by atoms with van der Waals surface area (Å²) < 4.78 is 5.32. The van der Waals surface area contributed by atoms with Crippen molar-refractivity contribution in [2.45, 2.75) is 46.2 Å². The molecule has 0 bridgehead atoms. The average Bonchev–Trinajstić information content (AvgIpc) is 3.28. The standard InChI is InChI=1S/C23H24N4O3/c1-14(2)17-7-9-18(10-8-17)21-24-20(30-25-21)13-26-22(28)16(4)27(23(26)29)19-11-5-15(3)6-12-19/h5-12,14,16H,13H2,1-4H3. The molecule has 154 valence electrons. The van der Waals surface area contributed by atoms with Crippen LogP contribution in [0.1, 0.15) is 43.7 Å². The Morgan fingerprint density at radius 1 is 1.03 bits per heavy atom. The second-order valence-corrected chi connectivity index (χ2v) is 7.88. The first-order valence-electron chi connectivity index (χ1n) is 9.99. The van der Waals surface area contributed by atoms with Gasteiger partial charge in [0.25, 0.3) is 5.91 Å². The van der Waals surface area contributed by atoms with Crippen LogP contribution in [-0.4, -0.2) is 33.0 Å². The van der Waals surface area contributed by atoms with Crippen LogP contribution in [0.3, 0.4) is 0 Å². The molecule has 2 heterocycles. The summed E-state index contributed by atoms with van der Waals surface area (Å²) in [5.41, 5.74) is 3.82. The molecule has 1 saturated heterocycles. The van der Waals surface area contributed by atoms with Gasteiger partial charge in [-0.05, 0) is 37.5 Å². The normalized spacial score (nSPS) is 16.8. The van der Waals surface area contributed by atoms with Crippen molar-refractivity contribution in [3.05, 3.63) is 65.5 Å². The summed E-state index contributed by atoms with van der Waals surface area (Å²) in [6.45, 7) is 7.90. The molecular weight excluding hydrogens is 380 g/mol. The first-order valence-corrected chi connectivity index (χ1v) is 9.99. The zero-order valence-electron chi connectivity index (χ0n) is 17.5. The van der Waals surface area contributed by atoms with Gasteiger partial charge in [0, 0.05) is 11.3 Å². The molecule has 1 aliphatic heterocycles. The smallest absolute Gasteiger partial charge is 0.332 e. The molecule has 1 aliphatic rings. The van der Waals surface area contributed by atoms with Crippen LogP contribution < -0.4 is 4.90 Å². The highest BCUT2D eigenvalue weighted by molar-refractivity contribution is 6.13. The van der Waals surface area contributed by atoms with E-state index in [2.05, 4.69) is 24.0 Å². The summed E-state index contributed by atoms with van der Waals surface area (Å²) in [7, 11) is 0. The quantitative estimate of drug-likeness (QED) is 0.584. The topological polar surface area (TPSA) is 79.5 Å². The van der Waals surface area contributed by atoms with Gasteiger partial charge < -0.3 is 4.52 Å². The van der Waals surface area contributed by atoms with Crippen LogP contribution in [0.15, 0.2) is 53.1 Å². The number of carbonyl (C=O) groups is 2. The average molecular weight is 404 g/mol. The molecule has 1 aromatic heterocycles. The molecule has 1 atom stereocenters. The van der Waals surface area contributed by atoms with Crippen LogP contribution in [0.5, 0.6) is 0 Å². The number of imide groups is 1. The zero-order chi connectivity index (χ0) is 21.4. The number of aromatic nitrogens is 2. The van der Waals surface area contributed by atoms with Crippen LogP contribution in [0, 0.1) is 6.92 Å². The van der Waals surface area contributed by atoms with Gasteiger partial charge in [0.15, 0.2) is 0 Å². The second-order valence-electron chi connectivity index (χ2n) is 7.88. The monoisotopic (exact) mass is 404 g/mol. The van der Waals surface area contributed by atoms with Gasteiger partial charge in [0.1, 0.15) is 12.6 Å². The van der Waals surface area contributed by atoms with E-state index < -0.39 is 12.1 Å². The maximum Gasteiger partial charge on any atom is 0.332 e. The molecule has 1 unspecified atom stereocenters. The highest BCUT2D eigenvalue weighted by Crippen LogP contribution is 2.27. The van der Waals surface area contributed by atoms with E-state index in [-0.39, 0.29) is 18.3 Å². The highest BCUT2D eigenvalue weighted by atomic mass is 16.5. The molecule has 0 N–H and O–H groups in total. The number of anilines is 1. The fraction of sp³-hybridized carbons (Fsp3) is 0.304. The van der Waals surface area contributed by atoms with Crippen molar-refractivity contribution in [3.63, 3.8) is 0 Å². The Bertz CT molecular complexity index is 1070. The largest absolute Gasteiger partial charge is 0.337 e. The van der Waals surface area contributed by atoms with E-state index >= 15 is 0 Å². The molecule has 0 spiro atoms. The SMILES string of the molecule is Cc1ccc(N2C(=O)N(Cc3nc(-c4ccc(C(C)C)cc4)no3)C(=O)C2C)cc1. The van der Waals surface area contributed by atoms with Gasteiger partial charge in [0.05, 0.1) is 0 Å². The van der Waals surface area contributed by atoms with Crippen LogP contribution >= 0.6 is 0 Å². The van der Waals surface area contributed by atoms with Gasteiger partial charge in [-0.15, -0.1) is 0 Å². The van der Waals surface area contributed by atoms with Gasteiger partial charge in [0.2, 0.25) is 11.7 Å². The zero-order valence-corrected chi connectivity index (χ0v) is 17.5. The van der Waals surface area contributed by atoms with E-state index in [0.29, 0.717) is 17.4 Å². The van der Waals surface area contributed by atoms with Crippen molar-refractivity contribution in [1.29, 1.82) is 0 Å². The number of hydrogen-bond acceptors (Lipinski definition) is 5. The predicted molar refractivity (Wildman–Crippen MR) is 113 cm³/mol. The van der Waals surface area contributed by atoms with Gasteiger partial charge in [-0.1, -0.05) is 61.0 Å². The van der Waals surface area contributed by atoms with Crippen LogP contribution in [0.2, 0.25) is 0 Å². The van der Waals surface area contributed by atoms with Crippen molar-refractivity contribution in [2.24, 2.45) is 0 Å².